The van der Waals surface area contributed by atoms with Gasteiger partial charge < -0.3 is 5.32 Å². The van der Waals surface area contributed by atoms with E-state index in [1.54, 1.807) is 30.3 Å². The van der Waals surface area contributed by atoms with Crippen molar-refractivity contribution in [3.05, 3.63) is 76.2 Å². The number of hydrogen-bond donors (Lipinski definition) is 1. The predicted octanol–water partition coefficient (Wildman–Crippen LogP) is 4.06. The van der Waals surface area contributed by atoms with E-state index in [4.69, 9.17) is 0 Å². The standard InChI is InChI=1S/C20H15F3N2O3S/c21-20(22,23)15-8-4-7-14(9-15)11-24-17(26)12-25-18(27)16(29-19(25)28)10-13-5-2-1-3-6-13/h1-10H,11-12H2,(H,24,26)/b16-10+. The second-order valence-corrected chi connectivity index (χ2v) is 7.15. The average molecular weight is 420 g/mol. The van der Waals surface area contributed by atoms with Crippen molar-refractivity contribution in [3.8, 4) is 0 Å². The van der Waals surface area contributed by atoms with Crippen molar-refractivity contribution in [1.29, 1.82) is 0 Å². The lowest BCUT2D eigenvalue weighted by Crippen LogP contribution is -2.39. The SMILES string of the molecule is O=C(CN1C(=O)S/C(=C/c2ccccc2)C1=O)NCc1cccc(C(F)(F)F)c1. The molecule has 29 heavy (non-hydrogen) atoms. The van der Waals surface area contributed by atoms with E-state index in [0.29, 0.717) is 0 Å². The van der Waals surface area contributed by atoms with Crippen LogP contribution in [0, 0.1) is 0 Å². The number of thioether (sulfide) groups is 1. The molecule has 150 valence electrons. The van der Waals surface area contributed by atoms with Crippen LogP contribution in [0.25, 0.3) is 6.08 Å². The molecule has 0 aromatic heterocycles. The Kier molecular flexibility index (Phi) is 6.07. The number of imide groups is 1. The van der Waals surface area contributed by atoms with Crippen molar-refractivity contribution in [1.82, 2.24) is 10.2 Å². The largest absolute Gasteiger partial charge is 0.416 e. The summed E-state index contributed by atoms with van der Waals surface area (Å²) in [7, 11) is 0. The lowest BCUT2D eigenvalue weighted by Gasteiger charge is -2.13. The van der Waals surface area contributed by atoms with Crippen LogP contribution in [0.1, 0.15) is 16.7 Å². The number of alkyl halides is 3. The van der Waals surface area contributed by atoms with Crippen molar-refractivity contribution >= 4 is 34.9 Å². The molecule has 1 saturated heterocycles. The van der Waals surface area contributed by atoms with Gasteiger partial charge in [-0.05, 0) is 41.1 Å². The summed E-state index contributed by atoms with van der Waals surface area (Å²) in [6.45, 7) is -0.658. The van der Waals surface area contributed by atoms with E-state index in [2.05, 4.69) is 5.32 Å². The van der Waals surface area contributed by atoms with Crippen LogP contribution in [-0.2, 0) is 22.3 Å². The Morgan fingerprint density at radius 1 is 1.07 bits per heavy atom. The molecule has 1 N–H and O–H groups in total. The van der Waals surface area contributed by atoms with E-state index in [1.807, 2.05) is 6.07 Å². The molecule has 2 aromatic rings. The Morgan fingerprint density at radius 2 is 1.79 bits per heavy atom. The molecule has 1 heterocycles. The van der Waals surface area contributed by atoms with Crippen LogP contribution in [0.4, 0.5) is 18.0 Å². The molecule has 0 bridgehead atoms. The number of nitrogens with zero attached hydrogens (tertiary/aromatic N) is 1. The zero-order chi connectivity index (χ0) is 21.0. The van der Waals surface area contributed by atoms with Crippen LogP contribution < -0.4 is 5.32 Å². The summed E-state index contributed by atoms with van der Waals surface area (Å²) >= 11 is 0.731. The van der Waals surface area contributed by atoms with Gasteiger partial charge in [-0.2, -0.15) is 13.2 Å². The van der Waals surface area contributed by atoms with E-state index in [0.717, 1.165) is 34.4 Å². The highest BCUT2D eigenvalue weighted by Crippen LogP contribution is 2.32. The minimum absolute atomic E-state index is 0.154. The van der Waals surface area contributed by atoms with E-state index in [9.17, 15) is 27.6 Å². The van der Waals surface area contributed by atoms with Gasteiger partial charge in [0, 0.05) is 6.54 Å². The number of carbonyl (C=O) groups excluding carboxylic acids is 3. The smallest absolute Gasteiger partial charge is 0.350 e. The lowest BCUT2D eigenvalue weighted by atomic mass is 10.1. The first-order valence-corrected chi connectivity index (χ1v) is 9.29. The first-order valence-electron chi connectivity index (χ1n) is 8.47. The van der Waals surface area contributed by atoms with Crippen molar-refractivity contribution in [2.75, 3.05) is 6.54 Å². The van der Waals surface area contributed by atoms with E-state index in [1.165, 1.54) is 12.1 Å². The average Bonchev–Trinajstić information content (AvgIpc) is 2.94. The zero-order valence-electron chi connectivity index (χ0n) is 14.9. The third-order valence-electron chi connectivity index (χ3n) is 4.02. The molecule has 5 nitrogen and oxygen atoms in total. The maximum atomic E-state index is 12.7. The fourth-order valence-corrected chi connectivity index (χ4v) is 3.43. The van der Waals surface area contributed by atoms with Gasteiger partial charge >= 0.3 is 6.18 Å². The monoisotopic (exact) mass is 420 g/mol. The number of carbonyl (C=O) groups is 3. The summed E-state index contributed by atoms with van der Waals surface area (Å²) < 4.78 is 38.2. The summed E-state index contributed by atoms with van der Waals surface area (Å²) in [6.07, 6.45) is -2.92. The Hall–Kier alpha value is -3.07. The topological polar surface area (TPSA) is 66.5 Å². The van der Waals surface area contributed by atoms with Crippen molar-refractivity contribution in [3.63, 3.8) is 0 Å². The van der Waals surface area contributed by atoms with E-state index >= 15 is 0 Å². The summed E-state index contributed by atoms with van der Waals surface area (Å²) in [4.78, 5) is 37.6. The molecule has 2 aromatic carbocycles. The predicted molar refractivity (Wildman–Crippen MR) is 102 cm³/mol. The van der Waals surface area contributed by atoms with Gasteiger partial charge in [-0.1, -0.05) is 42.5 Å². The van der Waals surface area contributed by atoms with Crippen LogP contribution in [0.2, 0.25) is 0 Å². The van der Waals surface area contributed by atoms with E-state index in [-0.39, 0.29) is 17.0 Å². The zero-order valence-corrected chi connectivity index (χ0v) is 15.7. The third kappa shape index (κ3) is 5.26. The number of amides is 3. The molecule has 1 fully saturated rings. The summed E-state index contributed by atoms with van der Waals surface area (Å²) in [6, 6.07) is 13.5. The molecule has 0 saturated carbocycles. The first-order chi connectivity index (χ1) is 13.7. The number of benzene rings is 2. The quantitative estimate of drug-likeness (QED) is 0.741. The van der Waals surface area contributed by atoms with Crippen molar-refractivity contribution in [2.24, 2.45) is 0 Å². The number of halogens is 3. The molecule has 0 atom stereocenters. The molecular formula is C20H15F3N2O3S. The van der Waals surface area contributed by atoms with Gasteiger partial charge in [-0.25, -0.2) is 0 Å². The molecule has 0 aliphatic carbocycles. The van der Waals surface area contributed by atoms with Gasteiger partial charge in [0.2, 0.25) is 5.91 Å². The van der Waals surface area contributed by atoms with Crippen LogP contribution in [0.5, 0.6) is 0 Å². The Labute approximate surface area is 168 Å². The number of nitrogens with one attached hydrogen (secondary N) is 1. The highest BCUT2D eigenvalue weighted by molar-refractivity contribution is 8.18. The minimum atomic E-state index is -4.48. The first kappa shape index (κ1) is 20.7. The Balaban J connectivity index is 1.60. The molecule has 0 unspecified atom stereocenters. The molecule has 1 aliphatic rings. The van der Waals surface area contributed by atoms with Crippen LogP contribution >= 0.6 is 11.8 Å². The van der Waals surface area contributed by atoms with Crippen LogP contribution in [0.15, 0.2) is 59.5 Å². The molecule has 0 radical (unpaired) electrons. The van der Waals surface area contributed by atoms with Crippen molar-refractivity contribution < 1.29 is 27.6 Å². The molecule has 9 heteroatoms. The second kappa shape index (κ2) is 8.52. The van der Waals surface area contributed by atoms with Gasteiger partial charge in [-0.15, -0.1) is 0 Å². The highest BCUT2D eigenvalue weighted by Gasteiger charge is 2.36. The van der Waals surface area contributed by atoms with E-state index < -0.39 is 35.3 Å². The fraction of sp³-hybridized carbons (Fsp3) is 0.150. The van der Waals surface area contributed by atoms with Crippen molar-refractivity contribution in [2.45, 2.75) is 12.7 Å². The maximum absolute atomic E-state index is 12.7. The van der Waals surface area contributed by atoms with Gasteiger partial charge in [0.15, 0.2) is 0 Å². The van der Waals surface area contributed by atoms with Gasteiger partial charge in [0.1, 0.15) is 6.54 Å². The fourth-order valence-electron chi connectivity index (χ4n) is 2.59. The number of hydrogen-bond acceptors (Lipinski definition) is 4. The molecule has 0 spiro atoms. The molecular weight excluding hydrogens is 405 g/mol. The Bertz CT molecular complexity index is 974. The van der Waals surface area contributed by atoms with Crippen LogP contribution in [-0.4, -0.2) is 28.5 Å². The lowest BCUT2D eigenvalue weighted by molar-refractivity contribution is -0.137. The van der Waals surface area contributed by atoms with Gasteiger partial charge in [-0.3, -0.25) is 19.3 Å². The molecule has 3 amide bonds. The number of rotatable bonds is 5. The van der Waals surface area contributed by atoms with Gasteiger partial charge in [0.05, 0.1) is 10.5 Å². The molecule has 1 aliphatic heterocycles. The van der Waals surface area contributed by atoms with Crippen LogP contribution in [0.3, 0.4) is 0 Å². The normalized spacial score (nSPS) is 15.8. The second-order valence-electron chi connectivity index (χ2n) is 6.15. The molecule has 3 rings (SSSR count). The maximum Gasteiger partial charge on any atom is 0.416 e. The summed E-state index contributed by atoms with van der Waals surface area (Å²) in [5.74, 6) is -1.23. The highest BCUT2D eigenvalue weighted by atomic mass is 32.2. The third-order valence-corrected chi connectivity index (χ3v) is 4.92. The van der Waals surface area contributed by atoms with Gasteiger partial charge in [0.25, 0.3) is 11.1 Å². The Morgan fingerprint density at radius 3 is 2.48 bits per heavy atom. The minimum Gasteiger partial charge on any atom is -0.350 e. The summed E-state index contributed by atoms with van der Waals surface area (Å²) in [5, 5.41) is 1.85. The summed E-state index contributed by atoms with van der Waals surface area (Å²) in [5.41, 5.74) is 0.180.